The van der Waals surface area contributed by atoms with E-state index in [4.69, 9.17) is 9.26 Å². The number of hydrogen-bond acceptors (Lipinski definition) is 5. The molecule has 0 bridgehead atoms. The Balaban J connectivity index is 1.44. The maximum absolute atomic E-state index is 12.5. The Labute approximate surface area is 147 Å². The van der Waals surface area contributed by atoms with Crippen LogP contribution in [0.5, 0.6) is 5.88 Å². The smallest absolute Gasteiger partial charge is 0.417 e. The highest BCUT2D eigenvalue weighted by atomic mass is 19.4. The van der Waals surface area contributed by atoms with Crippen molar-refractivity contribution in [3.63, 3.8) is 0 Å². The summed E-state index contributed by atoms with van der Waals surface area (Å²) in [5.74, 6) is 0.824. The van der Waals surface area contributed by atoms with Crippen LogP contribution in [-0.4, -0.2) is 40.1 Å². The van der Waals surface area contributed by atoms with Crippen LogP contribution in [0.3, 0.4) is 0 Å². The number of amides is 1. The van der Waals surface area contributed by atoms with Crippen LogP contribution in [0.15, 0.2) is 22.9 Å². The molecule has 2 aromatic rings. The van der Waals surface area contributed by atoms with Gasteiger partial charge in [-0.1, -0.05) is 5.16 Å². The Morgan fingerprint density at radius 3 is 2.62 bits per heavy atom. The average molecular weight is 369 g/mol. The van der Waals surface area contributed by atoms with Crippen molar-refractivity contribution in [2.24, 2.45) is 0 Å². The fourth-order valence-corrected chi connectivity index (χ4v) is 2.75. The Morgan fingerprint density at radius 1 is 1.35 bits per heavy atom. The minimum atomic E-state index is -4.42. The Hall–Kier alpha value is -2.58. The Morgan fingerprint density at radius 2 is 2.08 bits per heavy atom. The van der Waals surface area contributed by atoms with Gasteiger partial charge in [-0.3, -0.25) is 4.79 Å². The van der Waals surface area contributed by atoms with Crippen LogP contribution < -0.4 is 4.74 Å². The first-order chi connectivity index (χ1) is 12.2. The number of carbonyl (C=O) groups excluding carboxylic acids is 1. The molecular weight excluding hydrogens is 351 g/mol. The molecule has 0 aromatic carbocycles. The fourth-order valence-electron chi connectivity index (χ4n) is 2.75. The number of nitrogens with zero attached hydrogens (tertiary/aromatic N) is 3. The van der Waals surface area contributed by atoms with Crippen LogP contribution in [0, 0.1) is 13.8 Å². The zero-order chi connectivity index (χ0) is 18.9. The normalized spacial score (nSPS) is 15.0. The molecule has 26 heavy (non-hydrogen) atoms. The molecular formula is C17H18F3N3O3. The number of ether oxygens (including phenoxy) is 1. The first-order valence-electron chi connectivity index (χ1n) is 8.13. The second-order valence-corrected chi connectivity index (χ2v) is 6.22. The summed E-state index contributed by atoms with van der Waals surface area (Å²) in [6.45, 7) is 4.43. The predicted octanol–water partition coefficient (Wildman–Crippen LogP) is 2.93. The predicted molar refractivity (Wildman–Crippen MR) is 84.5 cm³/mol. The summed E-state index contributed by atoms with van der Waals surface area (Å²) < 4.78 is 48.0. The van der Waals surface area contributed by atoms with Crippen molar-refractivity contribution in [1.29, 1.82) is 0 Å². The molecule has 1 saturated heterocycles. The number of aryl methyl sites for hydroxylation is 2. The first-order valence-corrected chi connectivity index (χ1v) is 8.13. The van der Waals surface area contributed by atoms with E-state index in [0.29, 0.717) is 31.7 Å². The van der Waals surface area contributed by atoms with Gasteiger partial charge in [0.05, 0.1) is 24.3 Å². The molecule has 1 fully saturated rings. The highest BCUT2D eigenvalue weighted by Gasteiger charge is 2.33. The van der Waals surface area contributed by atoms with Crippen molar-refractivity contribution in [1.82, 2.24) is 15.0 Å². The van der Waals surface area contributed by atoms with Crippen LogP contribution in [0.2, 0.25) is 0 Å². The zero-order valence-electron chi connectivity index (χ0n) is 14.3. The molecule has 0 aliphatic carbocycles. The largest absolute Gasteiger partial charge is 0.471 e. The lowest BCUT2D eigenvalue weighted by Gasteiger charge is -2.38. The van der Waals surface area contributed by atoms with Crippen molar-refractivity contribution in [3.8, 4) is 5.88 Å². The lowest BCUT2D eigenvalue weighted by atomic mass is 10.1. The maximum Gasteiger partial charge on any atom is 0.417 e. The molecule has 0 unspecified atom stereocenters. The van der Waals surface area contributed by atoms with E-state index in [0.717, 1.165) is 23.5 Å². The summed E-state index contributed by atoms with van der Waals surface area (Å²) in [5.41, 5.74) is 0.906. The van der Waals surface area contributed by atoms with E-state index in [2.05, 4.69) is 10.1 Å². The van der Waals surface area contributed by atoms with Gasteiger partial charge in [-0.2, -0.15) is 13.2 Å². The van der Waals surface area contributed by atoms with E-state index in [-0.39, 0.29) is 17.9 Å². The monoisotopic (exact) mass is 369 g/mol. The molecule has 0 atom stereocenters. The van der Waals surface area contributed by atoms with Crippen molar-refractivity contribution in [2.75, 3.05) is 13.1 Å². The standard InChI is InChI=1S/C17H18F3N3O3/c1-10-14(11(2)26-22-10)4-6-16(24)23-8-13(9-23)25-15-5-3-12(7-21-15)17(18,19)20/h3,5,7,13H,4,6,8-9H2,1-2H3. The molecule has 1 amide bonds. The van der Waals surface area contributed by atoms with Gasteiger partial charge in [-0.15, -0.1) is 0 Å². The van der Waals surface area contributed by atoms with Gasteiger partial charge in [-0.25, -0.2) is 4.98 Å². The van der Waals surface area contributed by atoms with Gasteiger partial charge in [0.25, 0.3) is 0 Å². The van der Waals surface area contributed by atoms with Gasteiger partial charge in [0.15, 0.2) is 0 Å². The van der Waals surface area contributed by atoms with Gasteiger partial charge in [0.2, 0.25) is 11.8 Å². The lowest BCUT2D eigenvalue weighted by Crippen LogP contribution is -2.56. The summed E-state index contributed by atoms with van der Waals surface area (Å²) in [7, 11) is 0. The molecule has 3 rings (SSSR count). The van der Waals surface area contributed by atoms with Gasteiger partial charge in [-0.05, 0) is 26.3 Å². The van der Waals surface area contributed by atoms with Crippen LogP contribution >= 0.6 is 0 Å². The van der Waals surface area contributed by atoms with Crippen molar-refractivity contribution < 1.29 is 27.2 Å². The first kappa shape index (κ1) is 18.2. The summed E-state index contributed by atoms with van der Waals surface area (Å²) in [6, 6.07) is 2.11. The molecule has 2 aromatic heterocycles. The molecule has 3 heterocycles. The maximum atomic E-state index is 12.5. The third kappa shape index (κ3) is 3.97. The zero-order valence-corrected chi connectivity index (χ0v) is 14.3. The van der Waals surface area contributed by atoms with Gasteiger partial charge in [0.1, 0.15) is 11.9 Å². The van der Waals surface area contributed by atoms with E-state index in [1.54, 1.807) is 4.90 Å². The number of likely N-dealkylation sites (tertiary alicyclic amines) is 1. The minimum Gasteiger partial charge on any atom is -0.471 e. The number of hydrogen-bond donors (Lipinski definition) is 0. The molecule has 0 N–H and O–H groups in total. The van der Waals surface area contributed by atoms with Crippen LogP contribution in [-0.2, 0) is 17.4 Å². The van der Waals surface area contributed by atoms with Crippen molar-refractivity contribution >= 4 is 5.91 Å². The molecule has 0 saturated carbocycles. The van der Waals surface area contributed by atoms with E-state index >= 15 is 0 Å². The molecule has 6 nitrogen and oxygen atoms in total. The van der Waals surface area contributed by atoms with Crippen LogP contribution in [0.4, 0.5) is 13.2 Å². The number of alkyl halides is 3. The molecule has 1 aliphatic rings. The molecule has 140 valence electrons. The average Bonchev–Trinajstić information content (AvgIpc) is 2.86. The second-order valence-electron chi connectivity index (χ2n) is 6.22. The fraction of sp³-hybridized carbons (Fsp3) is 0.471. The van der Waals surface area contributed by atoms with E-state index in [1.807, 2.05) is 13.8 Å². The summed E-state index contributed by atoms with van der Waals surface area (Å²) in [6.07, 6.45) is -3.05. The number of aromatic nitrogens is 2. The van der Waals surface area contributed by atoms with Crippen LogP contribution in [0.1, 0.15) is 29.0 Å². The summed E-state index contributed by atoms with van der Waals surface area (Å²) in [5, 5.41) is 3.86. The topological polar surface area (TPSA) is 68.5 Å². The van der Waals surface area contributed by atoms with E-state index in [1.165, 1.54) is 6.07 Å². The molecule has 9 heteroatoms. The van der Waals surface area contributed by atoms with Crippen molar-refractivity contribution in [3.05, 3.63) is 40.9 Å². The highest BCUT2D eigenvalue weighted by molar-refractivity contribution is 5.77. The molecule has 0 radical (unpaired) electrons. The quantitative estimate of drug-likeness (QED) is 0.811. The molecule has 1 aliphatic heterocycles. The number of rotatable bonds is 5. The number of halogens is 3. The summed E-state index contributed by atoms with van der Waals surface area (Å²) >= 11 is 0. The second kappa shape index (κ2) is 6.97. The van der Waals surface area contributed by atoms with E-state index in [9.17, 15) is 18.0 Å². The molecule has 0 spiro atoms. The SMILES string of the molecule is Cc1noc(C)c1CCC(=O)N1CC(Oc2ccc(C(F)(F)F)cn2)C1. The number of pyridine rings is 1. The van der Waals surface area contributed by atoms with E-state index < -0.39 is 11.7 Å². The lowest BCUT2D eigenvalue weighted by molar-refractivity contribution is -0.140. The minimum absolute atomic E-state index is 0.00905. The number of carbonyl (C=O) groups is 1. The Bertz CT molecular complexity index is 761. The Kier molecular flexibility index (Phi) is 4.88. The third-order valence-electron chi connectivity index (χ3n) is 4.32. The van der Waals surface area contributed by atoms with Crippen LogP contribution in [0.25, 0.3) is 0 Å². The van der Waals surface area contributed by atoms with Crippen molar-refractivity contribution in [2.45, 2.75) is 39.0 Å². The highest BCUT2D eigenvalue weighted by Crippen LogP contribution is 2.29. The van der Waals surface area contributed by atoms with Gasteiger partial charge >= 0.3 is 6.18 Å². The van der Waals surface area contributed by atoms with Gasteiger partial charge in [0, 0.05) is 24.2 Å². The summed E-state index contributed by atoms with van der Waals surface area (Å²) in [4.78, 5) is 17.5. The van der Waals surface area contributed by atoms with Gasteiger partial charge < -0.3 is 14.2 Å². The third-order valence-corrected chi connectivity index (χ3v) is 4.32.